The summed E-state index contributed by atoms with van der Waals surface area (Å²) in [6, 6.07) is 13.7. The van der Waals surface area contributed by atoms with E-state index in [0.717, 1.165) is 22.4 Å². The number of aromatic nitrogens is 3. The zero-order valence-corrected chi connectivity index (χ0v) is 13.2. The number of aromatic carboxylic acids is 1. The molecule has 2 aromatic carbocycles. The van der Waals surface area contributed by atoms with E-state index in [9.17, 15) is 9.90 Å². The van der Waals surface area contributed by atoms with E-state index in [1.807, 2.05) is 63.2 Å². The minimum absolute atomic E-state index is 0.209. The van der Waals surface area contributed by atoms with Crippen LogP contribution in [0.25, 0.3) is 17.1 Å². The lowest BCUT2D eigenvalue weighted by molar-refractivity contribution is 0.0683. The number of nitrogens with zero attached hydrogens (tertiary/aromatic N) is 3. The van der Waals surface area contributed by atoms with Gasteiger partial charge in [-0.1, -0.05) is 35.9 Å². The lowest BCUT2D eigenvalue weighted by Gasteiger charge is -2.08. The van der Waals surface area contributed by atoms with Crippen LogP contribution >= 0.6 is 0 Å². The maximum absolute atomic E-state index is 11.3. The Kier molecular flexibility index (Phi) is 3.70. The standard InChI is InChI=1S/C18H17N3O2/c1-11-4-7-14(8-5-11)17-19-16(18(22)23)20-21(17)15-9-6-12(2)13(3)10-15/h4-10H,1-3H3,(H,22,23). The van der Waals surface area contributed by atoms with Gasteiger partial charge in [0.15, 0.2) is 5.82 Å². The Morgan fingerprint density at radius 1 is 1.00 bits per heavy atom. The average molecular weight is 307 g/mol. The van der Waals surface area contributed by atoms with Crippen molar-refractivity contribution >= 4 is 5.97 Å². The van der Waals surface area contributed by atoms with Crippen molar-refractivity contribution in [2.45, 2.75) is 20.8 Å². The Hall–Kier alpha value is -2.95. The zero-order chi connectivity index (χ0) is 16.6. The quantitative estimate of drug-likeness (QED) is 0.803. The van der Waals surface area contributed by atoms with E-state index in [1.54, 1.807) is 4.68 Å². The molecule has 0 fully saturated rings. The molecular formula is C18H17N3O2. The van der Waals surface area contributed by atoms with Gasteiger partial charge in [0.05, 0.1) is 5.69 Å². The molecule has 0 aliphatic heterocycles. The highest BCUT2D eigenvalue weighted by molar-refractivity contribution is 5.84. The normalized spacial score (nSPS) is 10.7. The number of rotatable bonds is 3. The summed E-state index contributed by atoms with van der Waals surface area (Å²) in [4.78, 5) is 15.5. The van der Waals surface area contributed by atoms with E-state index in [-0.39, 0.29) is 5.82 Å². The molecule has 3 aromatic rings. The highest BCUT2D eigenvalue weighted by Crippen LogP contribution is 2.23. The highest BCUT2D eigenvalue weighted by atomic mass is 16.4. The predicted octanol–water partition coefficient (Wildman–Crippen LogP) is 3.56. The number of carboxylic acid groups (broad SMARTS) is 1. The van der Waals surface area contributed by atoms with E-state index >= 15 is 0 Å². The Balaban J connectivity index is 2.20. The molecule has 0 spiro atoms. The van der Waals surface area contributed by atoms with Gasteiger partial charge in [-0.2, -0.15) is 0 Å². The third-order valence-electron chi connectivity index (χ3n) is 3.84. The minimum atomic E-state index is -1.14. The summed E-state index contributed by atoms with van der Waals surface area (Å²) in [5.41, 5.74) is 5.04. The van der Waals surface area contributed by atoms with Gasteiger partial charge in [0, 0.05) is 5.56 Å². The largest absolute Gasteiger partial charge is 0.475 e. The van der Waals surface area contributed by atoms with Crippen molar-refractivity contribution < 1.29 is 9.90 Å². The van der Waals surface area contributed by atoms with Gasteiger partial charge < -0.3 is 5.11 Å². The Labute approximate surface area is 134 Å². The maximum atomic E-state index is 11.3. The van der Waals surface area contributed by atoms with Crippen molar-refractivity contribution in [3.63, 3.8) is 0 Å². The van der Waals surface area contributed by atoms with Crippen LogP contribution < -0.4 is 0 Å². The highest BCUT2D eigenvalue weighted by Gasteiger charge is 2.18. The van der Waals surface area contributed by atoms with Crippen LogP contribution in [0.2, 0.25) is 0 Å². The first-order valence-corrected chi connectivity index (χ1v) is 7.31. The molecule has 1 N–H and O–H groups in total. The zero-order valence-electron chi connectivity index (χ0n) is 13.2. The molecule has 0 aliphatic rings. The summed E-state index contributed by atoms with van der Waals surface area (Å²) >= 11 is 0. The van der Waals surface area contributed by atoms with Crippen molar-refractivity contribution in [2.75, 3.05) is 0 Å². The SMILES string of the molecule is Cc1ccc(-c2nc(C(=O)O)nn2-c2ccc(C)c(C)c2)cc1. The first-order valence-electron chi connectivity index (χ1n) is 7.31. The van der Waals surface area contributed by atoms with E-state index in [4.69, 9.17) is 0 Å². The van der Waals surface area contributed by atoms with Crippen LogP contribution in [0, 0.1) is 20.8 Å². The predicted molar refractivity (Wildman–Crippen MR) is 88.0 cm³/mol. The topological polar surface area (TPSA) is 68.0 Å². The molecule has 1 aromatic heterocycles. The van der Waals surface area contributed by atoms with Crippen LogP contribution in [0.4, 0.5) is 0 Å². The molecule has 0 saturated heterocycles. The van der Waals surface area contributed by atoms with Crippen molar-refractivity contribution in [1.82, 2.24) is 14.8 Å². The minimum Gasteiger partial charge on any atom is -0.475 e. The molecule has 1 heterocycles. The smallest absolute Gasteiger partial charge is 0.375 e. The molecular weight excluding hydrogens is 290 g/mol. The lowest BCUT2D eigenvalue weighted by atomic mass is 10.1. The number of aryl methyl sites for hydroxylation is 3. The number of hydrogen-bond acceptors (Lipinski definition) is 3. The van der Waals surface area contributed by atoms with Crippen LogP contribution in [-0.2, 0) is 0 Å². The van der Waals surface area contributed by atoms with Gasteiger partial charge in [0.2, 0.25) is 0 Å². The van der Waals surface area contributed by atoms with Crippen LogP contribution in [0.15, 0.2) is 42.5 Å². The van der Waals surface area contributed by atoms with E-state index < -0.39 is 5.97 Å². The molecule has 5 heteroatoms. The van der Waals surface area contributed by atoms with Crippen LogP contribution in [0.1, 0.15) is 27.3 Å². The van der Waals surface area contributed by atoms with Crippen LogP contribution in [0.3, 0.4) is 0 Å². The molecule has 5 nitrogen and oxygen atoms in total. The summed E-state index contributed by atoms with van der Waals surface area (Å²) in [7, 11) is 0. The fraction of sp³-hybridized carbons (Fsp3) is 0.167. The van der Waals surface area contributed by atoms with Gasteiger partial charge in [0.25, 0.3) is 5.82 Å². The van der Waals surface area contributed by atoms with Gasteiger partial charge in [-0.3, -0.25) is 0 Å². The second-order valence-electron chi connectivity index (χ2n) is 5.61. The van der Waals surface area contributed by atoms with Gasteiger partial charge in [-0.05, 0) is 44.0 Å². The van der Waals surface area contributed by atoms with Gasteiger partial charge in [0.1, 0.15) is 0 Å². The molecule has 0 unspecified atom stereocenters. The molecule has 0 amide bonds. The van der Waals surface area contributed by atoms with E-state index in [1.165, 1.54) is 5.56 Å². The van der Waals surface area contributed by atoms with E-state index in [0.29, 0.717) is 5.82 Å². The molecule has 0 saturated carbocycles. The van der Waals surface area contributed by atoms with Gasteiger partial charge in [-0.15, -0.1) is 5.10 Å². The van der Waals surface area contributed by atoms with Crippen molar-refractivity contribution in [3.8, 4) is 17.1 Å². The molecule has 23 heavy (non-hydrogen) atoms. The average Bonchev–Trinajstić information content (AvgIpc) is 2.96. The van der Waals surface area contributed by atoms with Crippen molar-refractivity contribution in [3.05, 3.63) is 65.0 Å². The fourth-order valence-corrected chi connectivity index (χ4v) is 2.33. The molecule has 116 valence electrons. The van der Waals surface area contributed by atoms with Gasteiger partial charge in [-0.25, -0.2) is 14.5 Å². The summed E-state index contributed by atoms with van der Waals surface area (Å²) in [6.45, 7) is 6.05. The van der Waals surface area contributed by atoms with Crippen molar-refractivity contribution in [2.24, 2.45) is 0 Å². The second-order valence-corrected chi connectivity index (χ2v) is 5.61. The molecule has 3 rings (SSSR count). The number of carbonyl (C=O) groups is 1. The lowest BCUT2D eigenvalue weighted by Crippen LogP contribution is -2.03. The third-order valence-corrected chi connectivity index (χ3v) is 3.84. The summed E-state index contributed by atoms with van der Waals surface area (Å²) in [5.74, 6) is -0.828. The Bertz CT molecular complexity index is 880. The molecule has 0 bridgehead atoms. The first kappa shape index (κ1) is 15.0. The van der Waals surface area contributed by atoms with Crippen LogP contribution in [-0.4, -0.2) is 25.8 Å². The number of carboxylic acids is 1. The molecule has 0 aliphatic carbocycles. The maximum Gasteiger partial charge on any atom is 0.375 e. The first-order chi connectivity index (χ1) is 11.0. The summed E-state index contributed by atoms with van der Waals surface area (Å²) in [6.07, 6.45) is 0. The number of hydrogen-bond donors (Lipinski definition) is 1. The molecule has 0 radical (unpaired) electrons. The summed E-state index contributed by atoms with van der Waals surface area (Å²) in [5, 5.41) is 13.4. The third kappa shape index (κ3) is 2.85. The second kappa shape index (κ2) is 5.68. The monoisotopic (exact) mass is 307 g/mol. The van der Waals surface area contributed by atoms with E-state index in [2.05, 4.69) is 10.1 Å². The Morgan fingerprint density at radius 3 is 2.30 bits per heavy atom. The van der Waals surface area contributed by atoms with Crippen LogP contribution in [0.5, 0.6) is 0 Å². The Morgan fingerprint density at radius 2 is 1.70 bits per heavy atom. The fourth-order valence-electron chi connectivity index (χ4n) is 2.33. The van der Waals surface area contributed by atoms with Crippen molar-refractivity contribution in [1.29, 1.82) is 0 Å². The molecule has 0 atom stereocenters. The summed E-state index contributed by atoms with van der Waals surface area (Å²) < 4.78 is 1.58. The number of benzene rings is 2. The van der Waals surface area contributed by atoms with Gasteiger partial charge >= 0.3 is 5.97 Å².